The molecule has 0 aliphatic heterocycles. The van der Waals surface area contributed by atoms with E-state index in [-0.39, 0.29) is 13.2 Å². The van der Waals surface area contributed by atoms with Crippen LogP contribution in [-0.4, -0.2) is 35.7 Å². The lowest BCUT2D eigenvalue weighted by Gasteiger charge is -2.10. The number of ether oxygens (including phenoxy) is 1. The van der Waals surface area contributed by atoms with E-state index in [1.165, 1.54) is 0 Å². The van der Waals surface area contributed by atoms with E-state index in [2.05, 4.69) is 11.9 Å². The van der Waals surface area contributed by atoms with Gasteiger partial charge in [0.15, 0.2) is 6.29 Å². The van der Waals surface area contributed by atoms with Crippen molar-refractivity contribution in [2.75, 3.05) is 13.2 Å². The van der Waals surface area contributed by atoms with Crippen molar-refractivity contribution in [2.45, 2.75) is 13.2 Å². The molecule has 1 amide bonds. The molecule has 3 N–H and O–H groups in total. The molecule has 0 rings (SSSR count). The van der Waals surface area contributed by atoms with E-state index >= 15 is 0 Å². The Hall–Kier alpha value is -1.07. The predicted octanol–water partition coefficient (Wildman–Crippen LogP) is 0.165. The third kappa shape index (κ3) is 5.70. The van der Waals surface area contributed by atoms with Crippen molar-refractivity contribution in [3.8, 4) is 0 Å². The molecular weight excluding hydrogens is 162 g/mol. The van der Waals surface area contributed by atoms with Crippen LogP contribution in [0.5, 0.6) is 0 Å². The maximum absolute atomic E-state index is 9.93. The Bertz CT molecular complexity index is 169. The summed E-state index contributed by atoms with van der Waals surface area (Å²) in [6.45, 7) is 5.36. The zero-order valence-corrected chi connectivity index (χ0v) is 6.91. The highest BCUT2D eigenvalue weighted by Gasteiger charge is 2.03. The number of hydrogen-bond donors (Lipinski definition) is 3. The first-order valence-corrected chi connectivity index (χ1v) is 3.46. The first kappa shape index (κ1) is 10.9. The summed E-state index contributed by atoms with van der Waals surface area (Å²) in [7, 11) is 0. The van der Waals surface area contributed by atoms with Gasteiger partial charge < -0.3 is 20.3 Å². The van der Waals surface area contributed by atoms with Crippen LogP contribution in [0.3, 0.4) is 0 Å². The van der Waals surface area contributed by atoms with Gasteiger partial charge in [-0.05, 0) is 12.5 Å². The van der Waals surface area contributed by atoms with Crippen LogP contribution in [0.2, 0.25) is 0 Å². The van der Waals surface area contributed by atoms with Crippen LogP contribution < -0.4 is 5.32 Å². The minimum Gasteiger partial charge on any atom is -0.465 e. The average Bonchev–Trinajstić information content (AvgIpc) is 1.97. The number of rotatable bonds is 5. The summed E-state index contributed by atoms with van der Waals surface area (Å²) in [5, 5.41) is 19.2. The Morgan fingerprint density at radius 1 is 1.75 bits per heavy atom. The summed E-state index contributed by atoms with van der Waals surface area (Å²) in [5.41, 5.74) is 0.491. The second-order valence-electron chi connectivity index (χ2n) is 2.30. The largest absolute Gasteiger partial charge is 0.465 e. The maximum Gasteiger partial charge on any atom is 0.404 e. The van der Waals surface area contributed by atoms with Gasteiger partial charge in [-0.1, -0.05) is 6.58 Å². The number of amides is 1. The fraction of sp³-hybridized carbons (Fsp3) is 0.571. The smallest absolute Gasteiger partial charge is 0.404 e. The first-order chi connectivity index (χ1) is 5.54. The first-order valence-electron chi connectivity index (χ1n) is 3.46. The monoisotopic (exact) mass is 175 g/mol. The van der Waals surface area contributed by atoms with Gasteiger partial charge in [-0.25, -0.2) is 4.79 Å². The molecule has 0 bridgehead atoms. The van der Waals surface area contributed by atoms with Crippen LogP contribution in [0.4, 0.5) is 4.79 Å². The van der Waals surface area contributed by atoms with E-state index in [9.17, 15) is 4.79 Å². The van der Waals surface area contributed by atoms with Crippen molar-refractivity contribution in [1.82, 2.24) is 5.32 Å². The van der Waals surface area contributed by atoms with Gasteiger partial charge in [0.05, 0.1) is 6.61 Å². The molecule has 0 aromatic rings. The van der Waals surface area contributed by atoms with Crippen molar-refractivity contribution in [2.24, 2.45) is 0 Å². The van der Waals surface area contributed by atoms with Crippen LogP contribution in [0.1, 0.15) is 6.92 Å². The van der Waals surface area contributed by atoms with Gasteiger partial charge >= 0.3 is 6.09 Å². The minimum absolute atomic E-state index is 0.125. The van der Waals surface area contributed by atoms with E-state index in [0.717, 1.165) is 0 Å². The lowest BCUT2D eigenvalue weighted by molar-refractivity contribution is -0.0699. The molecular formula is C7H13NO4. The molecule has 5 heteroatoms. The highest BCUT2D eigenvalue weighted by molar-refractivity contribution is 5.64. The van der Waals surface area contributed by atoms with Crippen LogP contribution in [-0.2, 0) is 4.74 Å². The average molecular weight is 175 g/mol. The summed E-state index contributed by atoms with van der Waals surface area (Å²) in [4.78, 5) is 9.93. The van der Waals surface area contributed by atoms with Crippen molar-refractivity contribution in [3.63, 3.8) is 0 Å². The van der Waals surface area contributed by atoms with Crippen molar-refractivity contribution in [3.05, 3.63) is 12.2 Å². The molecule has 0 saturated heterocycles. The summed E-state index contributed by atoms with van der Waals surface area (Å²) >= 11 is 0. The van der Waals surface area contributed by atoms with Gasteiger partial charge in [-0.15, -0.1) is 0 Å². The molecule has 1 atom stereocenters. The number of carboxylic acid groups (broad SMARTS) is 1. The molecule has 0 heterocycles. The van der Waals surface area contributed by atoms with E-state index in [4.69, 9.17) is 14.9 Å². The number of aliphatic hydroxyl groups excluding tert-OH is 1. The van der Waals surface area contributed by atoms with E-state index in [1.807, 2.05) is 0 Å². The molecule has 0 aromatic heterocycles. The topological polar surface area (TPSA) is 78.8 Å². The standard InChI is InChI=1S/C7H13NO4/c1-5(2)6(9)12-4-3-8-7(10)11/h6,8-9H,1,3-4H2,2H3,(H,10,11). The van der Waals surface area contributed by atoms with Crippen molar-refractivity contribution in [1.29, 1.82) is 0 Å². The molecule has 5 nitrogen and oxygen atoms in total. The Kier molecular flexibility index (Phi) is 5.07. The van der Waals surface area contributed by atoms with Gasteiger partial charge in [-0.3, -0.25) is 0 Å². The second-order valence-corrected chi connectivity index (χ2v) is 2.30. The lowest BCUT2D eigenvalue weighted by Crippen LogP contribution is -2.27. The second kappa shape index (κ2) is 5.56. The number of aliphatic hydroxyl groups is 1. The fourth-order valence-electron chi connectivity index (χ4n) is 0.471. The quantitative estimate of drug-likeness (QED) is 0.316. The van der Waals surface area contributed by atoms with Crippen LogP contribution in [0.25, 0.3) is 0 Å². The summed E-state index contributed by atoms with van der Waals surface area (Å²) in [6, 6.07) is 0. The van der Waals surface area contributed by atoms with Gasteiger partial charge in [0.1, 0.15) is 0 Å². The lowest BCUT2D eigenvalue weighted by atomic mass is 10.3. The third-order valence-corrected chi connectivity index (χ3v) is 1.08. The van der Waals surface area contributed by atoms with Crippen LogP contribution >= 0.6 is 0 Å². The van der Waals surface area contributed by atoms with Crippen molar-refractivity contribution >= 4 is 6.09 Å². The molecule has 0 spiro atoms. The van der Waals surface area contributed by atoms with E-state index < -0.39 is 12.4 Å². The van der Waals surface area contributed by atoms with Gasteiger partial charge in [0.25, 0.3) is 0 Å². The summed E-state index contributed by atoms with van der Waals surface area (Å²) in [6.07, 6.45) is -2.12. The van der Waals surface area contributed by atoms with Crippen molar-refractivity contribution < 1.29 is 19.7 Å². The minimum atomic E-state index is -1.11. The van der Waals surface area contributed by atoms with Gasteiger partial charge in [-0.2, -0.15) is 0 Å². The molecule has 70 valence electrons. The SMILES string of the molecule is C=C(C)C(O)OCCNC(=O)O. The fourth-order valence-corrected chi connectivity index (χ4v) is 0.471. The van der Waals surface area contributed by atoms with Crippen LogP contribution in [0, 0.1) is 0 Å². The molecule has 0 aromatic carbocycles. The normalized spacial score (nSPS) is 12.2. The Morgan fingerprint density at radius 2 is 2.33 bits per heavy atom. The Labute approximate surface area is 70.7 Å². The molecule has 0 aliphatic rings. The summed E-state index contributed by atoms with van der Waals surface area (Å²) < 4.78 is 4.78. The van der Waals surface area contributed by atoms with Gasteiger partial charge in [0.2, 0.25) is 0 Å². The zero-order valence-electron chi connectivity index (χ0n) is 6.91. The van der Waals surface area contributed by atoms with Crippen LogP contribution in [0.15, 0.2) is 12.2 Å². The van der Waals surface area contributed by atoms with E-state index in [0.29, 0.717) is 5.57 Å². The number of nitrogens with one attached hydrogen (secondary N) is 1. The third-order valence-electron chi connectivity index (χ3n) is 1.08. The Balaban J connectivity index is 3.31. The Morgan fingerprint density at radius 3 is 2.75 bits per heavy atom. The highest BCUT2D eigenvalue weighted by Crippen LogP contribution is 1.97. The molecule has 0 saturated carbocycles. The zero-order chi connectivity index (χ0) is 9.56. The molecule has 0 radical (unpaired) electrons. The maximum atomic E-state index is 9.93. The molecule has 0 aliphatic carbocycles. The molecule has 12 heavy (non-hydrogen) atoms. The highest BCUT2D eigenvalue weighted by atomic mass is 16.6. The predicted molar refractivity (Wildman–Crippen MR) is 42.8 cm³/mol. The summed E-state index contributed by atoms with van der Waals surface area (Å²) in [5.74, 6) is 0. The number of carbonyl (C=O) groups is 1. The molecule has 0 fully saturated rings. The van der Waals surface area contributed by atoms with Gasteiger partial charge in [0, 0.05) is 6.54 Å². The molecule has 1 unspecified atom stereocenters. The number of hydrogen-bond acceptors (Lipinski definition) is 3. The van der Waals surface area contributed by atoms with E-state index in [1.54, 1.807) is 6.92 Å².